The molecule has 2 heterocycles. The number of nitrogens with zero attached hydrogens (tertiary/aromatic N) is 3. The fourth-order valence-electron chi connectivity index (χ4n) is 3.97. The first-order valence-corrected chi connectivity index (χ1v) is 13.5. The van der Waals surface area contributed by atoms with Gasteiger partial charge in [0.15, 0.2) is 0 Å². The van der Waals surface area contributed by atoms with Crippen LogP contribution in [0.1, 0.15) is 43.2 Å². The van der Waals surface area contributed by atoms with Crippen LogP contribution in [-0.2, 0) is 11.1 Å². The lowest BCUT2D eigenvalue weighted by atomic mass is 10.0. The number of allylic oxidation sites excluding steroid dienone is 1. The van der Waals surface area contributed by atoms with Gasteiger partial charge >= 0.3 is 7.60 Å². The van der Waals surface area contributed by atoms with Crippen LogP contribution in [0.5, 0.6) is 0 Å². The van der Waals surface area contributed by atoms with Crippen molar-refractivity contribution in [3.63, 3.8) is 0 Å². The van der Waals surface area contributed by atoms with Gasteiger partial charge in [-0.3, -0.25) is 9.55 Å². The molecule has 0 saturated carbocycles. The van der Waals surface area contributed by atoms with Crippen LogP contribution >= 0.6 is 7.60 Å². The highest BCUT2D eigenvalue weighted by atomic mass is 31.2. The molecule has 0 aliphatic carbocycles. The summed E-state index contributed by atoms with van der Waals surface area (Å²) < 4.78 is 17.1. The normalized spacial score (nSPS) is 12.4. The summed E-state index contributed by atoms with van der Waals surface area (Å²) in [6.45, 7) is 3.18. The molecule has 0 amide bonds. The van der Waals surface area contributed by atoms with E-state index in [0.29, 0.717) is 31.3 Å². The van der Waals surface area contributed by atoms with Gasteiger partial charge in [-0.05, 0) is 48.2 Å². The molecule has 0 saturated heterocycles. The molecule has 0 unspecified atom stereocenters. The Balaban J connectivity index is 1.56. The molecular weight excluding hydrogens is 463 g/mol. The minimum atomic E-state index is -3.97. The molecule has 0 aliphatic rings. The van der Waals surface area contributed by atoms with Gasteiger partial charge in [0.1, 0.15) is 0 Å². The predicted molar refractivity (Wildman–Crippen MR) is 137 cm³/mol. The third-order valence-corrected chi connectivity index (χ3v) is 6.50. The Morgan fingerprint density at radius 2 is 1.91 bits per heavy atom. The third-order valence-electron chi connectivity index (χ3n) is 5.60. The van der Waals surface area contributed by atoms with Gasteiger partial charge in [0, 0.05) is 29.8 Å². The van der Waals surface area contributed by atoms with Gasteiger partial charge < -0.3 is 19.5 Å². The molecule has 4 aromatic rings. The first-order valence-electron chi connectivity index (χ1n) is 11.7. The minimum Gasteiger partial charge on any atom is -0.417 e. The highest BCUT2D eigenvalue weighted by Crippen LogP contribution is 2.34. The van der Waals surface area contributed by atoms with Crippen LogP contribution in [0, 0.1) is 0 Å². The second kappa shape index (κ2) is 11.5. The molecule has 3 N–H and O–H groups in total. The quantitative estimate of drug-likeness (QED) is 0.191. The Morgan fingerprint density at radius 1 is 1.09 bits per heavy atom. The lowest BCUT2D eigenvalue weighted by molar-refractivity contribution is 0.371. The number of hydrogen-bond donors (Lipinski definition) is 3. The lowest BCUT2D eigenvalue weighted by Gasteiger charge is -2.10. The van der Waals surface area contributed by atoms with Crippen molar-refractivity contribution in [2.75, 3.05) is 12.7 Å². The van der Waals surface area contributed by atoms with E-state index in [1.54, 1.807) is 6.20 Å². The second-order valence-electron chi connectivity index (χ2n) is 8.32. The molecular formula is C26H29N4O4P. The molecule has 9 heteroatoms. The topological polar surface area (TPSA) is 121 Å². The van der Waals surface area contributed by atoms with Crippen LogP contribution in [0.4, 0.5) is 0 Å². The standard InChI is InChI=1S/C26H29N4O4P/c1-2-8-20(19-9-4-3-5-10-19)17-24-29-30-26(34-24)23-13-12-21(25-22(23)11-6-15-28-25)18-27-14-7-16-35(31,32)33/h3-6,9-13,15,17,27H,2,7-8,14,16,18H2,1H3,(H2,31,32,33)/b20-17+. The molecule has 8 nitrogen and oxygen atoms in total. The first kappa shape index (κ1) is 24.9. The summed E-state index contributed by atoms with van der Waals surface area (Å²) in [5.41, 5.74) is 4.90. The Hall–Kier alpha value is -3.16. The van der Waals surface area contributed by atoms with E-state index in [4.69, 9.17) is 14.2 Å². The van der Waals surface area contributed by atoms with E-state index >= 15 is 0 Å². The Kier molecular flexibility index (Phi) is 8.21. The third kappa shape index (κ3) is 6.71. The average Bonchev–Trinajstić information content (AvgIpc) is 3.31. The maximum atomic E-state index is 11.0. The van der Waals surface area contributed by atoms with Crippen LogP contribution in [0.3, 0.4) is 0 Å². The van der Waals surface area contributed by atoms with E-state index in [-0.39, 0.29) is 6.16 Å². The minimum absolute atomic E-state index is 0.129. The maximum Gasteiger partial charge on any atom is 0.325 e. The maximum absolute atomic E-state index is 11.0. The molecule has 35 heavy (non-hydrogen) atoms. The highest BCUT2D eigenvalue weighted by Gasteiger charge is 2.15. The van der Waals surface area contributed by atoms with Crippen molar-refractivity contribution in [1.82, 2.24) is 20.5 Å². The summed E-state index contributed by atoms with van der Waals surface area (Å²) >= 11 is 0. The summed E-state index contributed by atoms with van der Waals surface area (Å²) in [4.78, 5) is 22.6. The number of nitrogens with one attached hydrogen (secondary N) is 1. The average molecular weight is 493 g/mol. The number of fused-ring (bicyclic) bond motifs is 1. The Labute approximate surface area is 204 Å². The molecule has 0 fully saturated rings. The van der Waals surface area contributed by atoms with Crippen molar-refractivity contribution in [3.05, 3.63) is 77.8 Å². The van der Waals surface area contributed by atoms with Crippen LogP contribution in [0.2, 0.25) is 0 Å². The van der Waals surface area contributed by atoms with Crippen LogP contribution in [0.15, 0.2) is 65.2 Å². The van der Waals surface area contributed by atoms with Crippen molar-refractivity contribution >= 4 is 30.1 Å². The van der Waals surface area contributed by atoms with Gasteiger partial charge in [-0.15, -0.1) is 10.2 Å². The van der Waals surface area contributed by atoms with Crippen molar-refractivity contribution in [1.29, 1.82) is 0 Å². The molecule has 0 bridgehead atoms. The number of hydrogen-bond acceptors (Lipinski definition) is 6. The van der Waals surface area contributed by atoms with Gasteiger partial charge in [-0.2, -0.15) is 0 Å². The Bertz CT molecular complexity index is 1350. The van der Waals surface area contributed by atoms with E-state index in [1.807, 2.05) is 48.5 Å². The highest BCUT2D eigenvalue weighted by molar-refractivity contribution is 7.51. The van der Waals surface area contributed by atoms with Crippen molar-refractivity contribution in [2.45, 2.75) is 32.7 Å². The molecule has 0 aliphatic heterocycles. The van der Waals surface area contributed by atoms with Crippen LogP contribution in [-0.4, -0.2) is 37.7 Å². The summed E-state index contributed by atoms with van der Waals surface area (Å²) in [7, 11) is -3.97. The van der Waals surface area contributed by atoms with Gasteiger partial charge in [0.05, 0.1) is 11.7 Å². The fraction of sp³-hybridized carbons (Fsp3) is 0.269. The van der Waals surface area contributed by atoms with Gasteiger partial charge in [0.2, 0.25) is 11.8 Å². The zero-order chi connectivity index (χ0) is 24.7. The molecule has 0 spiro atoms. The molecule has 2 aromatic carbocycles. The molecule has 2 aromatic heterocycles. The van der Waals surface area contributed by atoms with E-state index in [9.17, 15) is 4.57 Å². The molecule has 0 atom stereocenters. The number of aromatic nitrogens is 3. The molecule has 4 rings (SSSR count). The summed E-state index contributed by atoms with van der Waals surface area (Å²) in [5, 5.41) is 12.7. The van der Waals surface area contributed by atoms with E-state index < -0.39 is 7.60 Å². The fourth-order valence-corrected chi connectivity index (χ4v) is 4.54. The number of benzene rings is 2. The van der Waals surface area contributed by atoms with E-state index in [2.05, 4.69) is 39.6 Å². The van der Waals surface area contributed by atoms with Crippen LogP contribution in [0.25, 0.3) is 34.0 Å². The van der Waals surface area contributed by atoms with Gasteiger partial charge in [-0.25, -0.2) is 0 Å². The zero-order valence-electron chi connectivity index (χ0n) is 19.6. The zero-order valence-corrected chi connectivity index (χ0v) is 20.5. The summed E-state index contributed by atoms with van der Waals surface area (Å²) in [5.74, 6) is 0.888. The number of rotatable bonds is 11. The monoisotopic (exact) mass is 492 g/mol. The van der Waals surface area contributed by atoms with Crippen molar-refractivity contribution in [2.24, 2.45) is 0 Å². The first-order chi connectivity index (χ1) is 16.9. The van der Waals surface area contributed by atoms with Crippen molar-refractivity contribution < 1.29 is 18.8 Å². The number of pyridine rings is 1. The second-order valence-corrected chi connectivity index (χ2v) is 10.1. The molecule has 182 valence electrons. The van der Waals surface area contributed by atoms with Crippen LogP contribution < -0.4 is 5.32 Å². The van der Waals surface area contributed by atoms with E-state index in [0.717, 1.165) is 46.0 Å². The van der Waals surface area contributed by atoms with Crippen molar-refractivity contribution in [3.8, 4) is 11.5 Å². The van der Waals surface area contributed by atoms with Gasteiger partial charge in [-0.1, -0.05) is 55.8 Å². The largest absolute Gasteiger partial charge is 0.417 e. The lowest BCUT2D eigenvalue weighted by Crippen LogP contribution is -2.16. The summed E-state index contributed by atoms with van der Waals surface area (Å²) in [6.07, 6.45) is 5.87. The predicted octanol–water partition coefficient (Wildman–Crippen LogP) is 5.28. The summed E-state index contributed by atoms with van der Waals surface area (Å²) in [6, 6.07) is 18.0. The smallest absolute Gasteiger partial charge is 0.325 e. The van der Waals surface area contributed by atoms with E-state index in [1.165, 1.54) is 0 Å². The van der Waals surface area contributed by atoms with Gasteiger partial charge in [0.25, 0.3) is 0 Å². The Morgan fingerprint density at radius 3 is 2.69 bits per heavy atom. The molecule has 0 radical (unpaired) electrons. The SMILES string of the molecule is CCC/C(=C\c1nnc(-c2ccc(CNCCCP(=O)(O)O)c3ncccc23)o1)c1ccccc1.